The van der Waals surface area contributed by atoms with Gasteiger partial charge < -0.3 is 9.47 Å². The van der Waals surface area contributed by atoms with Crippen molar-refractivity contribution in [1.29, 1.82) is 0 Å². The van der Waals surface area contributed by atoms with Crippen LogP contribution in [0.5, 0.6) is 5.75 Å². The number of nitrogens with one attached hydrogen (secondary N) is 1. The van der Waals surface area contributed by atoms with E-state index in [-0.39, 0.29) is 0 Å². The summed E-state index contributed by atoms with van der Waals surface area (Å²) in [6.45, 7) is 0. The van der Waals surface area contributed by atoms with E-state index in [4.69, 9.17) is 16.3 Å². The van der Waals surface area contributed by atoms with Gasteiger partial charge in [0.1, 0.15) is 10.6 Å². The van der Waals surface area contributed by atoms with Crippen molar-refractivity contribution in [3.05, 3.63) is 63.5 Å². The number of methoxy groups -OCH3 is 2. The van der Waals surface area contributed by atoms with E-state index in [1.54, 1.807) is 37.4 Å². The number of hydrazone groups is 1. The van der Waals surface area contributed by atoms with E-state index >= 15 is 0 Å². The summed E-state index contributed by atoms with van der Waals surface area (Å²) < 4.78 is 10.7. The molecule has 0 bridgehead atoms. The number of hydrogen-bond donors (Lipinski definition) is 1. The molecular weight excluding hydrogens is 388 g/mol. The molecule has 3 aromatic rings. The van der Waals surface area contributed by atoms with E-state index in [0.29, 0.717) is 21.2 Å². The molecule has 0 unspecified atom stereocenters. The van der Waals surface area contributed by atoms with Crippen LogP contribution in [0, 0.1) is 0 Å². The van der Waals surface area contributed by atoms with Crippen LogP contribution >= 0.6 is 22.9 Å². The second-order valence-corrected chi connectivity index (χ2v) is 6.85. The topological polar surface area (TPSA) is 77.0 Å². The molecule has 3 rings (SSSR count). The molecule has 0 fully saturated rings. The molecule has 2 aromatic carbocycles. The van der Waals surface area contributed by atoms with Gasteiger partial charge in [-0.05, 0) is 35.9 Å². The molecule has 6 nitrogen and oxygen atoms in total. The molecule has 1 N–H and O–H groups in total. The third kappa shape index (κ3) is 4.10. The van der Waals surface area contributed by atoms with Gasteiger partial charge in [0.15, 0.2) is 0 Å². The number of hydrogen-bond acceptors (Lipinski definition) is 6. The first kappa shape index (κ1) is 18.9. The van der Waals surface area contributed by atoms with Crippen molar-refractivity contribution in [2.24, 2.45) is 5.10 Å². The second-order valence-electron chi connectivity index (χ2n) is 5.42. The Balaban J connectivity index is 1.72. The molecule has 0 spiro atoms. The molecule has 0 aliphatic rings. The predicted molar refractivity (Wildman–Crippen MR) is 106 cm³/mol. The van der Waals surface area contributed by atoms with Crippen molar-refractivity contribution in [3.8, 4) is 5.75 Å². The van der Waals surface area contributed by atoms with Crippen molar-refractivity contribution in [1.82, 2.24) is 5.43 Å². The number of benzene rings is 2. The SMILES string of the molecule is COC(=O)c1ccc(C=NNC(=O)c2sc3cc(OC)ccc3c2Cl)cc1. The number of ether oxygens (including phenoxy) is 2. The lowest BCUT2D eigenvalue weighted by Gasteiger charge is -2.00. The van der Waals surface area contributed by atoms with E-state index in [1.165, 1.54) is 24.7 Å². The van der Waals surface area contributed by atoms with E-state index < -0.39 is 11.9 Å². The summed E-state index contributed by atoms with van der Waals surface area (Å²) in [5, 5.41) is 5.11. The van der Waals surface area contributed by atoms with Crippen LogP contribution in [-0.4, -0.2) is 32.3 Å². The van der Waals surface area contributed by atoms with Gasteiger partial charge in [-0.3, -0.25) is 4.79 Å². The molecule has 27 heavy (non-hydrogen) atoms. The molecule has 1 heterocycles. The standard InChI is InChI=1S/C19H15ClN2O4S/c1-25-13-7-8-14-15(9-13)27-17(16(14)20)18(23)22-21-10-11-3-5-12(6-4-11)19(24)26-2/h3-10H,1-2H3,(H,22,23). The van der Waals surface area contributed by atoms with Gasteiger partial charge in [0.05, 0.1) is 31.0 Å². The van der Waals surface area contributed by atoms with Crippen LogP contribution in [0.2, 0.25) is 5.02 Å². The number of thiophene rings is 1. The molecule has 0 aliphatic carbocycles. The lowest BCUT2D eigenvalue weighted by molar-refractivity contribution is 0.0600. The van der Waals surface area contributed by atoms with Crippen molar-refractivity contribution in [3.63, 3.8) is 0 Å². The Morgan fingerprint density at radius 2 is 1.89 bits per heavy atom. The minimum Gasteiger partial charge on any atom is -0.497 e. The van der Waals surface area contributed by atoms with Crippen molar-refractivity contribution < 1.29 is 19.1 Å². The average molecular weight is 403 g/mol. The Morgan fingerprint density at radius 3 is 2.56 bits per heavy atom. The molecule has 0 aliphatic heterocycles. The smallest absolute Gasteiger partial charge is 0.337 e. The number of halogens is 1. The maximum Gasteiger partial charge on any atom is 0.337 e. The van der Waals surface area contributed by atoms with E-state index in [0.717, 1.165) is 15.6 Å². The Kier molecular flexibility index (Phi) is 5.73. The van der Waals surface area contributed by atoms with E-state index in [2.05, 4.69) is 15.3 Å². The van der Waals surface area contributed by atoms with Gasteiger partial charge in [-0.2, -0.15) is 5.10 Å². The first-order valence-corrected chi connectivity index (χ1v) is 9.00. The number of rotatable bonds is 5. The van der Waals surface area contributed by atoms with Crippen molar-refractivity contribution >= 4 is 51.1 Å². The fourth-order valence-electron chi connectivity index (χ4n) is 2.36. The lowest BCUT2D eigenvalue weighted by Crippen LogP contribution is -2.16. The molecule has 0 saturated carbocycles. The van der Waals surface area contributed by atoms with Crippen LogP contribution in [0.4, 0.5) is 0 Å². The molecule has 0 atom stereocenters. The number of fused-ring (bicyclic) bond motifs is 1. The predicted octanol–water partition coefficient (Wildman–Crippen LogP) is 4.11. The first-order valence-electron chi connectivity index (χ1n) is 7.81. The number of carbonyl (C=O) groups is 2. The van der Waals surface area contributed by atoms with Gasteiger partial charge in [-0.25, -0.2) is 10.2 Å². The fraction of sp³-hybridized carbons (Fsp3) is 0.105. The Hall–Kier alpha value is -2.90. The number of amides is 1. The second kappa shape index (κ2) is 8.20. The summed E-state index contributed by atoms with van der Waals surface area (Å²) in [5.74, 6) is -0.119. The lowest BCUT2D eigenvalue weighted by atomic mass is 10.1. The number of esters is 1. The van der Waals surface area contributed by atoms with Gasteiger partial charge in [0.25, 0.3) is 5.91 Å². The fourth-order valence-corrected chi connectivity index (χ4v) is 3.79. The third-order valence-corrected chi connectivity index (χ3v) is 5.41. The molecule has 0 radical (unpaired) electrons. The molecule has 8 heteroatoms. The zero-order valence-electron chi connectivity index (χ0n) is 14.5. The van der Waals surface area contributed by atoms with Gasteiger partial charge in [0.2, 0.25) is 0 Å². The normalized spacial score (nSPS) is 10.9. The summed E-state index contributed by atoms with van der Waals surface area (Å²) in [6.07, 6.45) is 1.48. The highest BCUT2D eigenvalue weighted by Gasteiger charge is 2.17. The van der Waals surface area contributed by atoms with Crippen LogP contribution in [0.25, 0.3) is 10.1 Å². The zero-order valence-corrected chi connectivity index (χ0v) is 16.1. The largest absolute Gasteiger partial charge is 0.497 e. The summed E-state index contributed by atoms with van der Waals surface area (Å²) in [6, 6.07) is 12.1. The summed E-state index contributed by atoms with van der Waals surface area (Å²) in [4.78, 5) is 24.1. The number of carbonyl (C=O) groups excluding carboxylic acids is 2. The van der Waals surface area contributed by atoms with Crippen LogP contribution in [-0.2, 0) is 4.74 Å². The summed E-state index contributed by atoms with van der Waals surface area (Å²) in [5.41, 5.74) is 3.61. The van der Waals surface area contributed by atoms with Crippen LogP contribution in [0.3, 0.4) is 0 Å². The maximum absolute atomic E-state index is 12.4. The van der Waals surface area contributed by atoms with E-state index in [9.17, 15) is 9.59 Å². The van der Waals surface area contributed by atoms with E-state index in [1.807, 2.05) is 12.1 Å². The van der Waals surface area contributed by atoms with Crippen LogP contribution in [0.15, 0.2) is 47.6 Å². The quantitative estimate of drug-likeness (QED) is 0.395. The summed E-state index contributed by atoms with van der Waals surface area (Å²) in [7, 11) is 2.90. The molecule has 138 valence electrons. The highest BCUT2D eigenvalue weighted by atomic mass is 35.5. The highest BCUT2D eigenvalue weighted by Crippen LogP contribution is 2.37. The Bertz CT molecular complexity index is 1030. The minimum absolute atomic E-state index is 0.373. The Labute approximate surface area is 164 Å². The third-order valence-electron chi connectivity index (χ3n) is 3.75. The molecular formula is C19H15ClN2O4S. The average Bonchev–Trinajstić information content (AvgIpc) is 3.03. The van der Waals surface area contributed by atoms with Gasteiger partial charge in [0, 0.05) is 10.1 Å². The highest BCUT2D eigenvalue weighted by molar-refractivity contribution is 7.21. The maximum atomic E-state index is 12.4. The summed E-state index contributed by atoms with van der Waals surface area (Å²) >= 11 is 7.58. The van der Waals surface area contributed by atoms with Crippen LogP contribution < -0.4 is 10.2 Å². The molecule has 1 amide bonds. The van der Waals surface area contributed by atoms with Gasteiger partial charge in [-0.15, -0.1) is 11.3 Å². The monoisotopic (exact) mass is 402 g/mol. The number of nitrogens with zero attached hydrogens (tertiary/aromatic N) is 1. The van der Waals surface area contributed by atoms with Gasteiger partial charge in [-0.1, -0.05) is 23.7 Å². The van der Waals surface area contributed by atoms with Crippen molar-refractivity contribution in [2.45, 2.75) is 0 Å². The molecule has 0 saturated heterocycles. The zero-order chi connectivity index (χ0) is 19.4. The first-order chi connectivity index (χ1) is 13.0. The Morgan fingerprint density at radius 1 is 1.15 bits per heavy atom. The van der Waals surface area contributed by atoms with Crippen LogP contribution in [0.1, 0.15) is 25.6 Å². The van der Waals surface area contributed by atoms with Crippen molar-refractivity contribution in [2.75, 3.05) is 14.2 Å². The van der Waals surface area contributed by atoms with Gasteiger partial charge >= 0.3 is 5.97 Å². The molecule has 1 aromatic heterocycles. The minimum atomic E-state index is -0.414.